The minimum atomic E-state index is -0.285. The first-order valence-corrected chi connectivity index (χ1v) is 9.15. The molecule has 2 aromatic rings. The number of amides is 1. The molecule has 5 heteroatoms. The van der Waals surface area contributed by atoms with E-state index >= 15 is 0 Å². The molecule has 0 unspecified atom stereocenters. The zero-order valence-electron chi connectivity index (χ0n) is 14.6. The van der Waals surface area contributed by atoms with Crippen LogP contribution in [-0.4, -0.2) is 37.2 Å². The molecule has 2 fully saturated rings. The van der Waals surface area contributed by atoms with Crippen LogP contribution in [0.15, 0.2) is 48.5 Å². The molecule has 2 aliphatic heterocycles. The maximum absolute atomic E-state index is 13.5. The molecule has 4 nitrogen and oxygen atoms in total. The molecule has 0 aromatic heterocycles. The fraction of sp³-hybridized carbons (Fsp3) is 0.381. The zero-order valence-corrected chi connectivity index (χ0v) is 14.6. The predicted molar refractivity (Wildman–Crippen MR) is 98.5 cm³/mol. The molecule has 2 aliphatic rings. The van der Waals surface area contributed by atoms with Gasteiger partial charge in [0.15, 0.2) is 0 Å². The van der Waals surface area contributed by atoms with Crippen LogP contribution in [0.4, 0.5) is 4.39 Å². The number of rotatable bonds is 3. The quantitative estimate of drug-likeness (QED) is 0.890. The summed E-state index contributed by atoms with van der Waals surface area (Å²) in [5.41, 5.74) is 2.09. The summed E-state index contributed by atoms with van der Waals surface area (Å²) in [6, 6.07) is 13.7. The lowest BCUT2D eigenvalue weighted by atomic mass is 9.88. The predicted octanol–water partition coefficient (Wildman–Crippen LogP) is 3.13. The first kappa shape index (κ1) is 17.2. The summed E-state index contributed by atoms with van der Waals surface area (Å²) in [6.45, 7) is 2.50. The smallest absolute Gasteiger partial charge is 0.251 e. The number of benzene rings is 2. The minimum Gasteiger partial charge on any atom is -0.373 e. The van der Waals surface area contributed by atoms with Gasteiger partial charge in [-0.05, 0) is 67.7 Å². The highest BCUT2D eigenvalue weighted by atomic mass is 19.1. The SMILES string of the molecule is O=C(N[C@H]1COC2(CCNCC2)C1)c1cccc(-c2cccc(F)c2)c1. The Hall–Kier alpha value is -2.24. The molecule has 2 heterocycles. The van der Waals surface area contributed by atoms with Crippen LogP contribution in [0, 0.1) is 5.82 Å². The van der Waals surface area contributed by atoms with Gasteiger partial charge in [0.1, 0.15) is 5.82 Å². The molecular formula is C21H23FN2O2. The fourth-order valence-electron chi connectivity index (χ4n) is 3.94. The van der Waals surface area contributed by atoms with E-state index in [0.717, 1.165) is 43.5 Å². The molecule has 0 bridgehead atoms. The van der Waals surface area contributed by atoms with Gasteiger partial charge in [0, 0.05) is 5.56 Å². The normalized spacial score (nSPS) is 21.7. The third-order valence-corrected chi connectivity index (χ3v) is 5.34. The number of carbonyl (C=O) groups is 1. The third-order valence-electron chi connectivity index (χ3n) is 5.34. The summed E-state index contributed by atoms with van der Waals surface area (Å²) < 4.78 is 19.5. The van der Waals surface area contributed by atoms with Crippen molar-refractivity contribution in [1.82, 2.24) is 10.6 Å². The molecule has 0 aliphatic carbocycles. The Morgan fingerprint density at radius 2 is 1.85 bits per heavy atom. The molecular weight excluding hydrogens is 331 g/mol. The van der Waals surface area contributed by atoms with Crippen LogP contribution in [0.3, 0.4) is 0 Å². The Morgan fingerprint density at radius 3 is 2.62 bits per heavy atom. The van der Waals surface area contributed by atoms with E-state index < -0.39 is 0 Å². The van der Waals surface area contributed by atoms with E-state index in [1.807, 2.05) is 18.2 Å². The number of nitrogens with one attached hydrogen (secondary N) is 2. The van der Waals surface area contributed by atoms with E-state index in [4.69, 9.17) is 4.74 Å². The molecule has 0 saturated carbocycles. The zero-order chi connectivity index (χ0) is 18.0. The van der Waals surface area contributed by atoms with Gasteiger partial charge in [0.05, 0.1) is 18.2 Å². The summed E-state index contributed by atoms with van der Waals surface area (Å²) in [5, 5.41) is 6.45. The third kappa shape index (κ3) is 3.64. The highest BCUT2D eigenvalue weighted by Gasteiger charge is 2.41. The molecule has 1 amide bonds. The summed E-state index contributed by atoms with van der Waals surface area (Å²) in [7, 11) is 0. The topological polar surface area (TPSA) is 50.4 Å². The molecule has 0 radical (unpaired) electrons. The lowest BCUT2D eigenvalue weighted by Gasteiger charge is -2.32. The van der Waals surface area contributed by atoms with Crippen LogP contribution in [0.2, 0.25) is 0 Å². The van der Waals surface area contributed by atoms with Gasteiger partial charge >= 0.3 is 0 Å². The van der Waals surface area contributed by atoms with E-state index in [0.29, 0.717) is 12.2 Å². The Bertz CT molecular complexity index is 802. The van der Waals surface area contributed by atoms with Crippen molar-refractivity contribution in [1.29, 1.82) is 0 Å². The number of halogens is 1. The second-order valence-corrected chi connectivity index (χ2v) is 7.21. The average molecular weight is 354 g/mol. The van der Waals surface area contributed by atoms with Gasteiger partial charge in [-0.3, -0.25) is 4.79 Å². The molecule has 2 aromatic carbocycles. The Balaban J connectivity index is 1.45. The highest BCUT2D eigenvalue weighted by molar-refractivity contribution is 5.95. The second-order valence-electron chi connectivity index (χ2n) is 7.21. The van der Waals surface area contributed by atoms with Crippen molar-refractivity contribution in [3.8, 4) is 11.1 Å². The Morgan fingerprint density at radius 1 is 1.12 bits per heavy atom. The number of hydrogen-bond donors (Lipinski definition) is 2. The van der Waals surface area contributed by atoms with E-state index in [-0.39, 0.29) is 23.4 Å². The minimum absolute atomic E-state index is 0.0402. The van der Waals surface area contributed by atoms with Gasteiger partial charge < -0.3 is 15.4 Å². The van der Waals surface area contributed by atoms with Crippen LogP contribution in [-0.2, 0) is 4.74 Å². The monoisotopic (exact) mass is 354 g/mol. The van der Waals surface area contributed by atoms with Crippen molar-refractivity contribution in [3.05, 3.63) is 59.9 Å². The number of carbonyl (C=O) groups excluding carboxylic acids is 1. The van der Waals surface area contributed by atoms with E-state index in [2.05, 4.69) is 10.6 Å². The van der Waals surface area contributed by atoms with Gasteiger partial charge in [-0.15, -0.1) is 0 Å². The van der Waals surface area contributed by atoms with Gasteiger partial charge in [-0.1, -0.05) is 24.3 Å². The van der Waals surface area contributed by atoms with E-state index in [1.165, 1.54) is 12.1 Å². The van der Waals surface area contributed by atoms with Gasteiger partial charge in [-0.25, -0.2) is 4.39 Å². The molecule has 2 N–H and O–H groups in total. The lowest BCUT2D eigenvalue weighted by molar-refractivity contribution is -0.0194. The molecule has 2 saturated heterocycles. The van der Waals surface area contributed by atoms with Crippen LogP contribution in [0.1, 0.15) is 29.6 Å². The van der Waals surface area contributed by atoms with Crippen LogP contribution < -0.4 is 10.6 Å². The van der Waals surface area contributed by atoms with Gasteiger partial charge in [0.25, 0.3) is 5.91 Å². The van der Waals surface area contributed by atoms with Crippen molar-refractivity contribution in [2.75, 3.05) is 19.7 Å². The highest BCUT2D eigenvalue weighted by Crippen LogP contribution is 2.34. The second kappa shape index (κ2) is 7.17. The Kier molecular flexibility index (Phi) is 4.74. The summed E-state index contributed by atoms with van der Waals surface area (Å²) in [4.78, 5) is 12.7. The number of hydrogen-bond acceptors (Lipinski definition) is 3. The van der Waals surface area contributed by atoms with Crippen LogP contribution in [0.5, 0.6) is 0 Å². The molecule has 26 heavy (non-hydrogen) atoms. The van der Waals surface area contributed by atoms with Crippen LogP contribution in [0.25, 0.3) is 11.1 Å². The standard InChI is InChI=1S/C21H23FN2O2/c22-18-6-2-4-16(12-18)15-3-1-5-17(11-15)20(25)24-19-13-21(26-14-19)7-9-23-10-8-21/h1-6,11-12,19,23H,7-10,13-14H2,(H,24,25)/t19-/m1/s1. The Labute approximate surface area is 152 Å². The number of piperidine rings is 1. The number of ether oxygens (including phenoxy) is 1. The largest absolute Gasteiger partial charge is 0.373 e. The molecule has 136 valence electrons. The van der Waals surface area contributed by atoms with E-state index in [1.54, 1.807) is 18.2 Å². The lowest BCUT2D eigenvalue weighted by Crippen LogP contribution is -2.43. The van der Waals surface area contributed by atoms with Gasteiger partial charge in [-0.2, -0.15) is 0 Å². The molecule has 4 rings (SSSR count). The summed E-state index contributed by atoms with van der Waals surface area (Å²) in [5.74, 6) is -0.393. The maximum Gasteiger partial charge on any atom is 0.251 e. The molecule has 1 atom stereocenters. The van der Waals surface area contributed by atoms with E-state index in [9.17, 15) is 9.18 Å². The van der Waals surface area contributed by atoms with Crippen molar-refractivity contribution in [2.24, 2.45) is 0 Å². The fourth-order valence-corrected chi connectivity index (χ4v) is 3.94. The van der Waals surface area contributed by atoms with Crippen LogP contribution >= 0.6 is 0 Å². The van der Waals surface area contributed by atoms with Crippen molar-refractivity contribution < 1.29 is 13.9 Å². The first-order chi connectivity index (χ1) is 12.6. The maximum atomic E-state index is 13.5. The van der Waals surface area contributed by atoms with Crippen molar-refractivity contribution in [3.63, 3.8) is 0 Å². The first-order valence-electron chi connectivity index (χ1n) is 9.15. The van der Waals surface area contributed by atoms with Gasteiger partial charge in [0.2, 0.25) is 0 Å². The molecule has 1 spiro atoms. The summed E-state index contributed by atoms with van der Waals surface area (Å²) >= 11 is 0. The van der Waals surface area contributed by atoms with Crippen molar-refractivity contribution in [2.45, 2.75) is 30.9 Å². The average Bonchev–Trinajstić information content (AvgIpc) is 3.04. The summed E-state index contributed by atoms with van der Waals surface area (Å²) in [6.07, 6.45) is 2.85. The van der Waals surface area contributed by atoms with Crippen molar-refractivity contribution >= 4 is 5.91 Å².